The third kappa shape index (κ3) is 1.80. The average molecular weight is 297 g/mol. The van der Waals surface area contributed by atoms with Crippen molar-refractivity contribution in [1.29, 1.82) is 0 Å². The fourth-order valence-corrected chi connectivity index (χ4v) is 3.30. The van der Waals surface area contributed by atoms with Crippen LogP contribution in [-0.2, 0) is 11.3 Å². The first kappa shape index (κ1) is 12.3. The summed E-state index contributed by atoms with van der Waals surface area (Å²) in [6.45, 7) is 2.22. The van der Waals surface area contributed by atoms with Gasteiger partial charge in [0.15, 0.2) is 4.96 Å². The van der Waals surface area contributed by atoms with E-state index in [0.717, 1.165) is 16.2 Å². The van der Waals surface area contributed by atoms with Crippen molar-refractivity contribution in [3.05, 3.63) is 52.8 Å². The van der Waals surface area contributed by atoms with Crippen molar-refractivity contribution in [1.82, 2.24) is 9.38 Å². The van der Waals surface area contributed by atoms with Crippen molar-refractivity contribution in [2.24, 2.45) is 0 Å². The summed E-state index contributed by atoms with van der Waals surface area (Å²) < 4.78 is 1.92. The molecule has 1 aromatic carbocycles. The number of amides is 1. The molecule has 6 heteroatoms. The monoisotopic (exact) mass is 297 g/mol. The van der Waals surface area contributed by atoms with E-state index in [0.29, 0.717) is 17.8 Å². The molecule has 0 atom stereocenters. The molecule has 0 bridgehead atoms. The maximum Gasteiger partial charge on any atom is 0.299 e. The number of anilines is 1. The first-order valence-corrected chi connectivity index (χ1v) is 7.39. The summed E-state index contributed by atoms with van der Waals surface area (Å²) in [6, 6.07) is 5.50. The second-order valence-electron chi connectivity index (χ2n) is 5.07. The van der Waals surface area contributed by atoms with Gasteiger partial charge in [0.25, 0.3) is 11.7 Å². The van der Waals surface area contributed by atoms with Crippen LogP contribution in [0.5, 0.6) is 0 Å². The zero-order valence-electron chi connectivity index (χ0n) is 11.2. The number of imidazole rings is 1. The number of hydrogen-bond acceptors (Lipinski definition) is 4. The van der Waals surface area contributed by atoms with E-state index in [1.807, 2.05) is 41.2 Å². The molecule has 0 spiro atoms. The summed E-state index contributed by atoms with van der Waals surface area (Å²) in [6.07, 6.45) is 3.81. The van der Waals surface area contributed by atoms with Crippen molar-refractivity contribution in [3.63, 3.8) is 0 Å². The van der Waals surface area contributed by atoms with Gasteiger partial charge >= 0.3 is 0 Å². The maximum absolute atomic E-state index is 12.2. The Bertz CT molecular complexity index is 865. The zero-order valence-corrected chi connectivity index (χ0v) is 12.1. The normalized spacial score (nSPS) is 14.2. The molecule has 0 fully saturated rings. The van der Waals surface area contributed by atoms with E-state index in [2.05, 4.69) is 4.98 Å². The van der Waals surface area contributed by atoms with Crippen LogP contribution in [0.4, 0.5) is 5.69 Å². The standard InChI is InChI=1S/C15H11N3O2S/c1-9-2-3-12-11(6-9)13(19)14(20)18(12)8-10-7-17-4-5-21-15(17)16-10/h2-7H,8H2,1H3. The minimum atomic E-state index is -0.480. The molecule has 0 unspecified atom stereocenters. The largest absolute Gasteiger partial charge is 0.299 e. The fraction of sp³-hybridized carbons (Fsp3) is 0.133. The number of aryl methyl sites for hydroxylation is 1. The number of ketones is 1. The Morgan fingerprint density at radius 3 is 2.95 bits per heavy atom. The minimum Gasteiger partial charge on any atom is -0.299 e. The number of rotatable bonds is 2. The first-order valence-electron chi connectivity index (χ1n) is 6.51. The van der Waals surface area contributed by atoms with Gasteiger partial charge < -0.3 is 0 Å². The van der Waals surface area contributed by atoms with Gasteiger partial charge in [0.05, 0.1) is 23.5 Å². The third-order valence-corrected chi connectivity index (χ3v) is 4.36. The summed E-state index contributed by atoms with van der Waals surface area (Å²) in [4.78, 5) is 31.1. The predicted molar refractivity (Wildman–Crippen MR) is 79.8 cm³/mol. The molecule has 2 aromatic heterocycles. The smallest absolute Gasteiger partial charge is 0.299 e. The Labute approximate surface area is 124 Å². The predicted octanol–water partition coefficient (Wildman–Crippen LogP) is 2.43. The van der Waals surface area contributed by atoms with Crippen molar-refractivity contribution >= 4 is 33.7 Å². The summed E-state index contributed by atoms with van der Waals surface area (Å²) in [5.74, 6) is -0.915. The SMILES string of the molecule is Cc1ccc2c(c1)C(=O)C(=O)N2Cc1cn2ccsc2n1. The third-order valence-electron chi connectivity index (χ3n) is 3.59. The van der Waals surface area contributed by atoms with Crippen molar-refractivity contribution in [2.75, 3.05) is 4.90 Å². The molecule has 1 aliphatic rings. The number of fused-ring (bicyclic) bond motifs is 2. The van der Waals surface area contributed by atoms with Crippen molar-refractivity contribution < 1.29 is 9.59 Å². The molecule has 3 aromatic rings. The number of nitrogens with zero attached hydrogens (tertiary/aromatic N) is 3. The fourth-order valence-electron chi connectivity index (χ4n) is 2.59. The highest BCUT2D eigenvalue weighted by molar-refractivity contribution is 7.15. The molecule has 0 radical (unpaired) electrons. The summed E-state index contributed by atoms with van der Waals surface area (Å²) >= 11 is 1.54. The van der Waals surface area contributed by atoms with Gasteiger partial charge in [-0.05, 0) is 19.1 Å². The highest BCUT2D eigenvalue weighted by Gasteiger charge is 2.36. The number of aromatic nitrogens is 2. The van der Waals surface area contributed by atoms with Crippen molar-refractivity contribution in [3.8, 4) is 0 Å². The molecule has 4 rings (SSSR count). The molecule has 104 valence electrons. The molecule has 3 heterocycles. The van der Waals surface area contributed by atoms with Crippen LogP contribution in [-0.4, -0.2) is 21.1 Å². The highest BCUT2D eigenvalue weighted by Crippen LogP contribution is 2.31. The molecular formula is C15H11N3O2S. The van der Waals surface area contributed by atoms with Crippen LogP contribution < -0.4 is 4.90 Å². The Kier molecular flexibility index (Phi) is 2.49. The van der Waals surface area contributed by atoms with Gasteiger partial charge in [-0.25, -0.2) is 4.98 Å². The van der Waals surface area contributed by atoms with Crippen LogP contribution in [0.3, 0.4) is 0 Å². The topological polar surface area (TPSA) is 54.7 Å². The zero-order chi connectivity index (χ0) is 14.6. The van der Waals surface area contributed by atoms with Crippen LogP contribution in [0.1, 0.15) is 21.6 Å². The molecule has 1 amide bonds. The molecule has 5 nitrogen and oxygen atoms in total. The number of carbonyl (C=O) groups excluding carboxylic acids is 2. The number of Topliss-reactive ketones (excluding diaryl/α,β-unsaturated/α-hetero) is 1. The van der Waals surface area contributed by atoms with Gasteiger partial charge in [0, 0.05) is 17.8 Å². The summed E-state index contributed by atoms with van der Waals surface area (Å²) in [5, 5.41) is 1.95. The second kappa shape index (κ2) is 4.26. The van der Waals surface area contributed by atoms with E-state index in [-0.39, 0.29) is 0 Å². The van der Waals surface area contributed by atoms with Crippen LogP contribution >= 0.6 is 11.3 Å². The van der Waals surface area contributed by atoms with E-state index in [1.165, 1.54) is 16.2 Å². The highest BCUT2D eigenvalue weighted by atomic mass is 32.1. The van der Waals surface area contributed by atoms with Gasteiger partial charge in [-0.15, -0.1) is 11.3 Å². The lowest BCUT2D eigenvalue weighted by molar-refractivity contribution is -0.114. The van der Waals surface area contributed by atoms with Crippen LogP contribution in [0, 0.1) is 6.92 Å². The minimum absolute atomic E-state index is 0.315. The summed E-state index contributed by atoms with van der Waals surface area (Å²) in [7, 11) is 0. The lowest BCUT2D eigenvalue weighted by Crippen LogP contribution is -2.29. The van der Waals surface area contributed by atoms with Gasteiger partial charge in [0.2, 0.25) is 0 Å². The van der Waals surface area contributed by atoms with E-state index in [9.17, 15) is 9.59 Å². The Morgan fingerprint density at radius 2 is 2.14 bits per heavy atom. The van der Waals surface area contributed by atoms with Crippen molar-refractivity contribution in [2.45, 2.75) is 13.5 Å². The van der Waals surface area contributed by atoms with Crippen LogP contribution in [0.2, 0.25) is 0 Å². The van der Waals surface area contributed by atoms with E-state index in [1.54, 1.807) is 6.07 Å². The molecular weight excluding hydrogens is 286 g/mol. The van der Waals surface area contributed by atoms with Crippen LogP contribution in [0.15, 0.2) is 36.0 Å². The number of hydrogen-bond donors (Lipinski definition) is 0. The van der Waals surface area contributed by atoms with Gasteiger partial charge in [-0.1, -0.05) is 11.6 Å². The van der Waals surface area contributed by atoms with Gasteiger partial charge in [-0.3, -0.25) is 18.9 Å². The molecule has 0 N–H and O–H groups in total. The van der Waals surface area contributed by atoms with E-state index < -0.39 is 11.7 Å². The second-order valence-corrected chi connectivity index (χ2v) is 5.94. The molecule has 0 aliphatic carbocycles. The average Bonchev–Trinajstić information content (AvgIpc) is 3.09. The molecule has 1 aliphatic heterocycles. The van der Waals surface area contributed by atoms with Gasteiger partial charge in [0.1, 0.15) is 0 Å². The molecule has 0 saturated heterocycles. The number of thiazole rings is 1. The molecule has 0 saturated carbocycles. The molecule has 21 heavy (non-hydrogen) atoms. The Morgan fingerprint density at radius 1 is 1.29 bits per heavy atom. The van der Waals surface area contributed by atoms with Crippen LogP contribution in [0.25, 0.3) is 4.96 Å². The number of carbonyl (C=O) groups is 2. The first-order chi connectivity index (χ1) is 10.1. The Hall–Kier alpha value is -2.47. The lowest BCUT2D eigenvalue weighted by atomic mass is 10.1. The summed E-state index contributed by atoms with van der Waals surface area (Å²) in [5.41, 5.74) is 2.91. The van der Waals surface area contributed by atoms with E-state index in [4.69, 9.17) is 0 Å². The quantitative estimate of drug-likeness (QED) is 0.683. The lowest BCUT2D eigenvalue weighted by Gasteiger charge is -2.14. The maximum atomic E-state index is 12.2. The Balaban J connectivity index is 1.74. The number of benzene rings is 1. The van der Waals surface area contributed by atoms with E-state index >= 15 is 0 Å². The van der Waals surface area contributed by atoms with Gasteiger partial charge in [-0.2, -0.15) is 0 Å².